The van der Waals surface area contributed by atoms with Gasteiger partial charge in [0.05, 0.1) is 5.92 Å². The first-order valence-electron chi connectivity index (χ1n) is 3.51. The number of carbonyl (C=O) groups excluding carboxylic acids is 1. The minimum Gasteiger partial charge on any atom is -0.431 e. The van der Waals surface area contributed by atoms with Gasteiger partial charge < -0.3 is 4.74 Å². The van der Waals surface area contributed by atoms with Crippen LogP contribution >= 0.6 is 0 Å². The van der Waals surface area contributed by atoms with E-state index in [1.807, 2.05) is 13.8 Å². The van der Waals surface area contributed by atoms with Crippen LogP contribution in [0.5, 0.6) is 0 Å². The van der Waals surface area contributed by atoms with Gasteiger partial charge in [-0.25, -0.2) is 0 Å². The van der Waals surface area contributed by atoms with Crippen LogP contribution < -0.4 is 0 Å². The number of carbonyl (C=O) groups is 1. The second-order valence-corrected chi connectivity index (χ2v) is 2.93. The van der Waals surface area contributed by atoms with Gasteiger partial charge in [0.2, 0.25) is 0 Å². The first-order chi connectivity index (χ1) is 4.61. The number of hydrogen-bond donors (Lipinski definition) is 0. The average molecular weight is 140 g/mol. The van der Waals surface area contributed by atoms with Crippen LogP contribution in [0.3, 0.4) is 0 Å². The van der Waals surface area contributed by atoms with E-state index in [2.05, 4.69) is 6.58 Å². The fourth-order valence-electron chi connectivity index (χ4n) is 1.09. The smallest absolute Gasteiger partial charge is 0.313 e. The highest BCUT2D eigenvalue weighted by atomic mass is 16.5. The number of rotatable bonds is 0. The molecule has 1 rings (SSSR count). The zero-order valence-electron chi connectivity index (χ0n) is 6.39. The quantitative estimate of drug-likeness (QED) is 0.479. The molecule has 2 atom stereocenters. The van der Waals surface area contributed by atoms with Crippen LogP contribution in [0.15, 0.2) is 12.3 Å². The lowest BCUT2D eigenvalue weighted by atomic mass is 9.94. The lowest BCUT2D eigenvalue weighted by molar-refractivity contribution is -0.148. The fourth-order valence-corrected chi connectivity index (χ4v) is 1.09. The van der Waals surface area contributed by atoms with E-state index in [1.165, 1.54) is 0 Å². The van der Waals surface area contributed by atoms with Gasteiger partial charge in [0.15, 0.2) is 0 Å². The van der Waals surface area contributed by atoms with Crippen molar-refractivity contribution < 1.29 is 9.53 Å². The van der Waals surface area contributed by atoms with Gasteiger partial charge in [0.1, 0.15) is 5.76 Å². The molecule has 0 radical (unpaired) electrons. The molecule has 1 heterocycles. The Hall–Kier alpha value is -0.790. The zero-order valence-corrected chi connectivity index (χ0v) is 6.39. The highest BCUT2D eigenvalue weighted by Crippen LogP contribution is 2.26. The van der Waals surface area contributed by atoms with E-state index in [9.17, 15) is 4.79 Å². The van der Waals surface area contributed by atoms with E-state index in [0.29, 0.717) is 11.7 Å². The van der Waals surface area contributed by atoms with E-state index in [0.717, 1.165) is 6.42 Å². The molecule has 0 aromatic rings. The molecule has 2 nitrogen and oxygen atoms in total. The number of esters is 1. The van der Waals surface area contributed by atoms with Crippen molar-refractivity contribution in [1.82, 2.24) is 0 Å². The average Bonchev–Trinajstić information content (AvgIpc) is 1.84. The van der Waals surface area contributed by atoms with E-state index in [-0.39, 0.29) is 11.9 Å². The van der Waals surface area contributed by atoms with E-state index in [4.69, 9.17) is 4.74 Å². The Morgan fingerprint density at radius 2 is 2.10 bits per heavy atom. The molecule has 0 saturated carbocycles. The Kier molecular flexibility index (Phi) is 1.79. The van der Waals surface area contributed by atoms with Gasteiger partial charge in [0.25, 0.3) is 0 Å². The second-order valence-electron chi connectivity index (χ2n) is 2.93. The largest absolute Gasteiger partial charge is 0.431 e. The highest BCUT2D eigenvalue weighted by Gasteiger charge is 2.26. The lowest BCUT2D eigenvalue weighted by Gasteiger charge is -2.24. The normalized spacial score (nSPS) is 33.8. The van der Waals surface area contributed by atoms with Gasteiger partial charge in [-0.1, -0.05) is 20.4 Å². The number of allylic oxidation sites excluding steroid dienone is 1. The van der Waals surface area contributed by atoms with E-state index < -0.39 is 0 Å². The standard InChI is InChI=1S/C8H12O2/c1-5-4-6(2)8(9)10-7(5)3/h5-6H,3-4H2,1-2H3/t5-,6+/m1/s1. The summed E-state index contributed by atoms with van der Waals surface area (Å²) >= 11 is 0. The predicted molar refractivity (Wildman–Crippen MR) is 38.2 cm³/mol. The molecule has 0 bridgehead atoms. The summed E-state index contributed by atoms with van der Waals surface area (Å²) in [5, 5.41) is 0. The molecule has 0 unspecified atom stereocenters. The molecular weight excluding hydrogens is 128 g/mol. The Morgan fingerprint density at radius 3 is 2.60 bits per heavy atom. The van der Waals surface area contributed by atoms with E-state index >= 15 is 0 Å². The van der Waals surface area contributed by atoms with Gasteiger partial charge >= 0.3 is 5.97 Å². The van der Waals surface area contributed by atoms with Crippen LogP contribution in [0.25, 0.3) is 0 Å². The molecule has 0 aromatic carbocycles. The van der Waals surface area contributed by atoms with Crippen LogP contribution in [-0.4, -0.2) is 5.97 Å². The Balaban J connectivity index is 2.63. The van der Waals surface area contributed by atoms with Crippen molar-refractivity contribution in [3.05, 3.63) is 12.3 Å². The molecule has 0 amide bonds. The van der Waals surface area contributed by atoms with Crippen molar-refractivity contribution in [2.24, 2.45) is 11.8 Å². The molecule has 2 heteroatoms. The van der Waals surface area contributed by atoms with Crippen LogP contribution in [0.4, 0.5) is 0 Å². The summed E-state index contributed by atoms with van der Waals surface area (Å²) in [7, 11) is 0. The van der Waals surface area contributed by atoms with Crippen molar-refractivity contribution in [1.29, 1.82) is 0 Å². The molecule has 0 aromatic heterocycles. The van der Waals surface area contributed by atoms with Crippen molar-refractivity contribution in [2.45, 2.75) is 20.3 Å². The molecule has 56 valence electrons. The summed E-state index contributed by atoms with van der Waals surface area (Å²) in [4.78, 5) is 10.9. The number of cyclic esters (lactones) is 1. The van der Waals surface area contributed by atoms with Crippen molar-refractivity contribution in [2.75, 3.05) is 0 Å². The molecule has 1 saturated heterocycles. The van der Waals surface area contributed by atoms with Gasteiger partial charge in [-0.2, -0.15) is 0 Å². The van der Waals surface area contributed by atoms with Gasteiger partial charge in [-0.3, -0.25) is 4.79 Å². The molecule has 0 N–H and O–H groups in total. The van der Waals surface area contributed by atoms with Gasteiger partial charge in [-0.05, 0) is 6.42 Å². The minimum absolute atomic E-state index is 0.0421. The fraction of sp³-hybridized carbons (Fsp3) is 0.625. The first kappa shape index (κ1) is 7.32. The van der Waals surface area contributed by atoms with Crippen molar-refractivity contribution >= 4 is 5.97 Å². The second kappa shape index (κ2) is 2.45. The summed E-state index contributed by atoms with van der Waals surface area (Å²) in [6.07, 6.45) is 0.873. The monoisotopic (exact) mass is 140 g/mol. The molecular formula is C8H12O2. The van der Waals surface area contributed by atoms with Crippen molar-refractivity contribution in [3.63, 3.8) is 0 Å². The maximum atomic E-state index is 10.9. The molecule has 1 aliphatic rings. The Morgan fingerprint density at radius 1 is 1.50 bits per heavy atom. The summed E-state index contributed by atoms with van der Waals surface area (Å²) in [5.41, 5.74) is 0. The summed E-state index contributed by atoms with van der Waals surface area (Å²) < 4.78 is 4.88. The predicted octanol–water partition coefficient (Wildman–Crippen LogP) is 1.72. The maximum Gasteiger partial charge on any atom is 0.313 e. The van der Waals surface area contributed by atoms with Crippen molar-refractivity contribution in [3.8, 4) is 0 Å². The van der Waals surface area contributed by atoms with E-state index in [1.54, 1.807) is 0 Å². The lowest BCUT2D eigenvalue weighted by Crippen LogP contribution is -2.25. The SMILES string of the molecule is C=C1OC(=O)[C@@H](C)C[C@H]1C. The summed E-state index contributed by atoms with van der Waals surface area (Å²) in [5.74, 6) is 0.847. The Bertz CT molecular complexity index is 154. The van der Waals surface area contributed by atoms with Crippen LogP contribution in [0, 0.1) is 11.8 Å². The molecule has 0 aliphatic carbocycles. The number of ether oxygens (including phenoxy) is 1. The van der Waals surface area contributed by atoms with Crippen LogP contribution in [0.2, 0.25) is 0 Å². The van der Waals surface area contributed by atoms with Crippen LogP contribution in [-0.2, 0) is 9.53 Å². The molecule has 0 spiro atoms. The molecule has 10 heavy (non-hydrogen) atoms. The Labute approximate surface area is 60.9 Å². The summed E-state index contributed by atoms with van der Waals surface area (Å²) in [6.45, 7) is 7.54. The third-order valence-corrected chi connectivity index (χ3v) is 1.89. The highest BCUT2D eigenvalue weighted by molar-refractivity contribution is 5.74. The first-order valence-corrected chi connectivity index (χ1v) is 3.51. The zero-order chi connectivity index (χ0) is 7.72. The maximum absolute atomic E-state index is 10.9. The van der Waals surface area contributed by atoms with Gasteiger partial charge in [0, 0.05) is 5.92 Å². The molecule has 1 fully saturated rings. The third kappa shape index (κ3) is 1.20. The summed E-state index contributed by atoms with van der Waals surface area (Å²) in [6, 6.07) is 0. The molecule has 1 aliphatic heterocycles. The van der Waals surface area contributed by atoms with Gasteiger partial charge in [-0.15, -0.1) is 0 Å². The van der Waals surface area contributed by atoms with Crippen LogP contribution in [0.1, 0.15) is 20.3 Å². The topological polar surface area (TPSA) is 26.3 Å². The minimum atomic E-state index is -0.136. The number of hydrogen-bond acceptors (Lipinski definition) is 2. The third-order valence-electron chi connectivity index (χ3n) is 1.89.